The Morgan fingerprint density at radius 1 is 1.00 bits per heavy atom. The number of hydrogen-bond acceptors (Lipinski definition) is 3. The molecular formula is C18H18N4O. The minimum absolute atomic E-state index is 0.308. The zero-order valence-electron chi connectivity index (χ0n) is 12.9. The lowest BCUT2D eigenvalue weighted by Crippen LogP contribution is -2.19. The Labute approximate surface area is 134 Å². The molecule has 0 heterocycles. The van der Waals surface area contributed by atoms with Crippen molar-refractivity contribution in [3.63, 3.8) is 0 Å². The van der Waals surface area contributed by atoms with Gasteiger partial charge in [0.05, 0.1) is 0 Å². The van der Waals surface area contributed by atoms with Gasteiger partial charge in [0.2, 0.25) is 0 Å². The lowest BCUT2D eigenvalue weighted by atomic mass is 10.1. The average molecular weight is 306 g/mol. The number of hydrogen-bond donors (Lipinski definition) is 4. The molecule has 0 saturated carbocycles. The molecule has 1 aliphatic rings. The highest BCUT2D eigenvalue weighted by Crippen LogP contribution is 2.25. The molecule has 2 aromatic carbocycles. The molecule has 3 rings (SSSR count). The molecule has 2 aromatic rings. The van der Waals surface area contributed by atoms with Gasteiger partial charge in [-0.3, -0.25) is 0 Å². The van der Waals surface area contributed by atoms with Gasteiger partial charge in [-0.15, -0.1) is 0 Å². The van der Waals surface area contributed by atoms with Crippen molar-refractivity contribution in [1.29, 1.82) is 10.8 Å². The predicted octanol–water partition coefficient (Wildman–Crippen LogP) is 4.03. The summed E-state index contributed by atoms with van der Waals surface area (Å²) in [7, 11) is 0. The third-order valence-electron chi connectivity index (χ3n) is 3.91. The highest BCUT2D eigenvalue weighted by molar-refractivity contribution is 6.04. The van der Waals surface area contributed by atoms with E-state index in [1.165, 1.54) is 0 Å². The topological polar surface area (TPSA) is 88.8 Å². The minimum Gasteiger partial charge on any atom is -0.308 e. The molecule has 5 nitrogen and oxygen atoms in total. The van der Waals surface area contributed by atoms with Gasteiger partial charge in [-0.25, -0.2) is 4.79 Å². The highest BCUT2D eigenvalue weighted by Gasteiger charge is 2.16. The molecule has 0 aromatic heterocycles. The van der Waals surface area contributed by atoms with Crippen LogP contribution in [0.5, 0.6) is 0 Å². The molecule has 4 N–H and O–H groups in total. The van der Waals surface area contributed by atoms with Gasteiger partial charge in [-0.05, 0) is 60.7 Å². The number of urea groups is 1. The van der Waals surface area contributed by atoms with Crippen molar-refractivity contribution in [2.75, 3.05) is 10.6 Å². The van der Waals surface area contributed by atoms with E-state index in [1.54, 1.807) is 31.2 Å². The number of rotatable bonds is 3. The van der Waals surface area contributed by atoms with Crippen LogP contribution in [0.25, 0.3) is 0 Å². The lowest BCUT2D eigenvalue weighted by Gasteiger charge is -2.09. The Morgan fingerprint density at radius 3 is 2.35 bits per heavy atom. The maximum absolute atomic E-state index is 12.1. The minimum atomic E-state index is -0.308. The number of aryl methyl sites for hydroxylation is 1. The first-order valence-corrected chi connectivity index (χ1v) is 7.47. The van der Waals surface area contributed by atoms with Crippen LogP contribution in [0, 0.1) is 10.8 Å². The molecule has 5 heteroatoms. The van der Waals surface area contributed by atoms with Crippen LogP contribution in [0.3, 0.4) is 0 Å². The van der Waals surface area contributed by atoms with E-state index < -0.39 is 0 Å². The molecular weight excluding hydrogens is 288 g/mol. The third kappa shape index (κ3) is 3.29. The summed E-state index contributed by atoms with van der Waals surface area (Å²) < 4.78 is 0. The number of carbonyl (C=O) groups is 1. The molecule has 0 unspecified atom stereocenters. The van der Waals surface area contributed by atoms with Gasteiger partial charge >= 0.3 is 6.03 Å². The second-order valence-electron chi connectivity index (χ2n) is 5.63. The van der Waals surface area contributed by atoms with Gasteiger partial charge in [0.1, 0.15) is 0 Å². The SMILES string of the molecule is CC(=N)c1ccc(NC(=O)Nc2ccc3c(c2)CCC3=N)cc1. The van der Waals surface area contributed by atoms with Crippen molar-refractivity contribution in [1.82, 2.24) is 0 Å². The Bertz CT molecular complexity index is 793. The van der Waals surface area contributed by atoms with Crippen molar-refractivity contribution in [2.24, 2.45) is 0 Å². The first-order chi connectivity index (χ1) is 11.0. The van der Waals surface area contributed by atoms with Gasteiger partial charge in [0.25, 0.3) is 0 Å². The summed E-state index contributed by atoms with van der Waals surface area (Å²) >= 11 is 0. The molecule has 116 valence electrons. The molecule has 0 saturated heterocycles. The smallest absolute Gasteiger partial charge is 0.308 e. The van der Waals surface area contributed by atoms with Crippen molar-refractivity contribution in [3.05, 3.63) is 59.2 Å². The first-order valence-electron chi connectivity index (χ1n) is 7.47. The lowest BCUT2D eigenvalue weighted by molar-refractivity contribution is 0.262. The van der Waals surface area contributed by atoms with Gasteiger partial charge in [-0.2, -0.15) is 0 Å². The van der Waals surface area contributed by atoms with E-state index in [0.717, 1.165) is 35.2 Å². The van der Waals surface area contributed by atoms with E-state index >= 15 is 0 Å². The summed E-state index contributed by atoms with van der Waals surface area (Å²) in [6.45, 7) is 1.72. The van der Waals surface area contributed by atoms with Gasteiger partial charge in [-0.1, -0.05) is 18.2 Å². The van der Waals surface area contributed by atoms with E-state index in [2.05, 4.69) is 10.6 Å². The molecule has 0 fully saturated rings. The van der Waals surface area contributed by atoms with Gasteiger partial charge < -0.3 is 21.5 Å². The van der Waals surface area contributed by atoms with E-state index in [9.17, 15) is 4.79 Å². The number of nitrogens with one attached hydrogen (secondary N) is 4. The summed E-state index contributed by atoms with van der Waals surface area (Å²) in [4.78, 5) is 12.1. The summed E-state index contributed by atoms with van der Waals surface area (Å²) in [6.07, 6.45) is 1.62. The van der Waals surface area contributed by atoms with Crippen LogP contribution in [-0.2, 0) is 6.42 Å². The molecule has 2 amide bonds. The Balaban J connectivity index is 1.65. The fourth-order valence-electron chi connectivity index (χ4n) is 2.66. The molecule has 23 heavy (non-hydrogen) atoms. The first kappa shape index (κ1) is 15.0. The summed E-state index contributed by atoms with van der Waals surface area (Å²) in [5.74, 6) is 0. The molecule has 0 bridgehead atoms. The van der Waals surface area contributed by atoms with Crippen molar-refractivity contribution >= 4 is 28.8 Å². The second-order valence-corrected chi connectivity index (χ2v) is 5.63. The number of anilines is 2. The zero-order valence-corrected chi connectivity index (χ0v) is 12.9. The van der Waals surface area contributed by atoms with Crippen molar-refractivity contribution in [3.8, 4) is 0 Å². The summed E-state index contributed by atoms with van der Waals surface area (Å²) in [5, 5.41) is 21.0. The average Bonchev–Trinajstić information content (AvgIpc) is 2.88. The number of fused-ring (bicyclic) bond motifs is 1. The standard InChI is InChI=1S/C18H18N4O/c1-11(19)12-2-5-14(6-3-12)21-18(23)22-15-7-8-16-13(10-15)4-9-17(16)20/h2-3,5-8,10,19-20H,4,9H2,1H3,(H2,21,22,23). The van der Waals surface area contributed by atoms with E-state index in [4.69, 9.17) is 10.8 Å². The van der Waals surface area contributed by atoms with Gasteiger partial charge in [0.15, 0.2) is 0 Å². The Hall–Kier alpha value is -2.95. The molecule has 0 atom stereocenters. The van der Waals surface area contributed by atoms with Crippen LogP contribution in [0.4, 0.5) is 16.2 Å². The molecule has 0 aliphatic heterocycles. The summed E-state index contributed by atoms with van der Waals surface area (Å²) in [5.41, 5.74) is 5.48. The van der Waals surface area contributed by atoms with E-state index in [0.29, 0.717) is 17.1 Å². The number of benzene rings is 2. The van der Waals surface area contributed by atoms with E-state index in [1.807, 2.05) is 18.2 Å². The van der Waals surface area contributed by atoms with Crippen molar-refractivity contribution in [2.45, 2.75) is 19.8 Å². The molecule has 1 aliphatic carbocycles. The zero-order chi connectivity index (χ0) is 16.4. The van der Waals surface area contributed by atoms with Crippen LogP contribution in [0.15, 0.2) is 42.5 Å². The Morgan fingerprint density at radius 2 is 1.65 bits per heavy atom. The highest BCUT2D eigenvalue weighted by atomic mass is 16.2. The maximum Gasteiger partial charge on any atom is 0.323 e. The predicted molar refractivity (Wildman–Crippen MR) is 93.2 cm³/mol. The number of amides is 2. The third-order valence-corrected chi connectivity index (χ3v) is 3.91. The van der Waals surface area contributed by atoms with Crippen LogP contribution in [-0.4, -0.2) is 17.5 Å². The normalized spacial score (nSPS) is 12.7. The monoisotopic (exact) mass is 306 g/mol. The molecule has 0 radical (unpaired) electrons. The van der Waals surface area contributed by atoms with Crippen LogP contribution in [0.1, 0.15) is 30.0 Å². The maximum atomic E-state index is 12.1. The largest absolute Gasteiger partial charge is 0.323 e. The number of carbonyl (C=O) groups excluding carboxylic acids is 1. The van der Waals surface area contributed by atoms with Crippen LogP contribution in [0.2, 0.25) is 0 Å². The fraction of sp³-hybridized carbons (Fsp3) is 0.167. The van der Waals surface area contributed by atoms with Crippen molar-refractivity contribution < 1.29 is 4.79 Å². The van der Waals surface area contributed by atoms with Crippen LogP contribution >= 0.6 is 0 Å². The Kier molecular flexibility index (Phi) is 3.93. The summed E-state index contributed by atoms with van der Waals surface area (Å²) in [6, 6.07) is 12.5. The second kappa shape index (κ2) is 6.04. The van der Waals surface area contributed by atoms with E-state index in [-0.39, 0.29) is 6.03 Å². The van der Waals surface area contributed by atoms with Crippen LogP contribution < -0.4 is 10.6 Å². The quantitative estimate of drug-likeness (QED) is 0.634. The molecule has 0 spiro atoms. The van der Waals surface area contributed by atoms with Gasteiger partial charge in [0, 0.05) is 22.8 Å². The fourth-order valence-corrected chi connectivity index (χ4v) is 2.66.